The molecule has 1 atom stereocenters. The molecule has 0 fully saturated rings. The molecule has 1 heterocycles. The van der Waals surface area contributed by atoms with E-state index in [1.165, 1.54) is 13.3 Å². The van der Waals surface area contributed by atoms with Gasteiger partial charge in [-0.2, -0.15) is 18.3 Å². The van der Waals surface area contributed by atoms with Crippen molar-refractivity contribution in [2.75, 3.05) is 18.5 Å². The number of nitrogens with zero attached hydrogens (tertiary/aromatic N) is 4. The second-order valence-electron chi connectivity index (χ2n) is 8.07. The van der Waals surface area contributed by atoms with Crippen LogP contribution in [-0.2, 0) is 15.7 Å². The first-order valence-electron chi connectivity index (χ1n) is 10.1. The van der Waals surface area contributed by atoms with Crippen molar-refractivity contribution in [2.45, 2.75) is 51.8 Å². The van der Waals surface area contributed by atoms with Gasteiger partial charge in [0.2, 0.25) is 0 Å². The van der Waals surface area contributed by atoms with Gasteiger partial charge < -0.3 is 4.74 Å². The minimum Gasteiger partial charge on any atom is -0.459 e. The zero-order valence-electron chi connectivity index (χ0n) is 19.7. The Bertz CT molecular complexity index is 954. The molecule has 188 valence electrons. The van der Waals surface area contributed by atoms with Crippen LogP contribution in [0.3, 0.4) is 0 Å². The molecule has 1 aromatic rings. The number of rotatable bonds is 7. The molecule has 0 bridgehead atoms. The van der Waals surface area contributed by atoms with Crippen molar-refractivity contribution in [3.63, 3.8) is 0 Å². The maximum atomic E-state index is 13.1. The van der Waals surface area contributed by atoms with Gasteiger partial charge in [-0.15, -0.1) is 11.6 Å². The van der Waals surface area contributed by atoms with Crippen LogP contribution in [0.4, 0.5) is 23.8 Å². The van der Waals surface area contributed by atoms with Gasteiger partial charge in [0, 0.05) is 23.8 Å². The van der Waals surface area contributed by atoms with Crippen LogP contribution in [-0.4, -0.2) is 52.8 Å². The minimum absolute atomic E-state index is 0.0810. The van der Waals surface area contributed by atoms with E-state index in [-0.39, 0.29) is 16.2 Å². The lowest BCUT2D eigenvalue weighted by molar-refractivity contribution is -0.155. The first-order chi connectivity index (χ1) is 15.5. The quantitative estimate of drug-likeness (QED) is 0.145. The van der Waals surface area contributed by atoms with Gasteiger partial charge in [0.05, 0.1) is 17.2 Å². The molecule has 1 unspecified atom stereocenters. The van der Waals surface area contributed by atoms with E-state index in [1.54, 1.807) is 46.8 Å². The zero-order valence-corrected chi connectivity index (χ0v) is 21.2. The number of carbonyl (C=O) groups is 2. The molecular weight excluding hydrogens is 496 g/mol. The molecule has 1 aromatic heterocycles. The van der Waals surface area contributed by atoms with Crippen LogP contribution in [0.1, 0.15) is 40.2 Å². The maximum Gasteiger partial charge on any atom is 0.417 e. The molecule has 2 amide bonds. The van der Waals surface area contributed by atoms with Crippen molar-refractivity contribution in [1.29, 1.82) is 0 Å². The number of alkyl halides is 4. The fourth-order valence-electron chi connectivity index (χ4n) is 2.38. The highest BCUT2D eigenvalue weighted by Crippen LogP contribution is 2.29. The van der Waals surface area contributed by atoms with Gasteiger partial charge >= 0.3 is 18.2 Å². The summed E-state index contributed by atoms with van der Waals surface area (Å²) in [7, 11) is 1.29. The number of pyridine rings is 1. The van der Waals surface area contributed by atoms with Crippen molar-refractivity contribution < 1.29 is 27.5 Å². The Kier molecular flexibility index (Phi) is 10.6. The SMILES string of the molecule is C/C=C(/C=N/N(CC(=O)OC(C)(C)C)C(=O)N(C)c1ccc(C(F)(F)F)cn1)C(\Cl)=C/C(C)Cl. The van der Waals surface area contributed by atoms with Crippen LogP contribution in [0.5, 0.6) is 0 Å². The highest BCUT2D eigenvalue weighted by atomic mass is 35.5. The van der Waals surface area contributed by atoms with E-state index >= 15 is 0 Å². The van der Waals surface area contributed by atoms with Crippen LogP contribution in [0.2, 0.25) is 0 Å². The molecule has 1 rings (SSSR count). The summed E-state index contributed by atoms with van der Waals surface area (Å²) in [4.78, 5) is 30.1. The summed E-state index contributed by atoms with van der Waals surface area (Å²) in [6.45, 7) is 7.81. The molecule has 0 aliphatic carbocycles. The molecule has 0 radical (unpaired) electrons. The summed E-state index contributed by atoms with van der Waals surface area (Å²) in [5, 5.41) is 4.77. The summed E-state index contributed by atoms with van der Waals surface area (Å²) < 4.78 is 43.7. The summed E-state index contributed by atoms with van der Waals surface area (Å²) in [6.07, 6.45) is 0.476. The van der Waals surface area contributed by atoms with Gasteiger partial charge in [0.1, 0.15) is 18.0 Å². The smallest absolute Gasteiger partial charge is 0.417 e. The fourth-order valence-corrected chi connectivity index (χ4v) is 2.92. The predicted octanol–water partition coefficient (Wildman–Crippen LogP) is 5.98. The predicted molar refractivity (Wildman–Crippen MR) is 127 cm³/mol. The Morgan fingerprint density at radius 3 is 2.32 bits per heavy atom. The average Bonchev–Trinajstić information content (AvgIpc) is 2.69. The summed E-state index contributed by atoms with van der Waals surface area (Å²) in [6, 6.07) is 0.994. The largest absolute Gasteiger partial charge is 0.459 e. The van der Waals surface area contributed by atoms with Gasteiger partial charge in [-0.05, 0) is 52.8 Å². The molecule has 0 saturated heterocycles. The second-order valence-corrected chi connectivity index (χ2v) is 9.16. The fraction of sp³-hybridized carbons (Fsp3) is 0.455. The van der Waals surface area contributed by atoms with E-state index in [0.29, 0.717) is 11.8 Å². The number of ether oxygens (including phenoxy) is 1. The van der Waals surface area contributed by atoms with E-state index in [2.05, 4.69) is 10.1 Å². The van der Waals surface area contributed by atoms with Gasteiger partial charge in [0.25, 0.3) is 0 Å². The molecule has 12 heteroatoms. The third-order valence-electron chi connectivity index (χ3n) is 3.92. The molecule has 0 aliphatic rings. The number of urea groups is 1. The Hall–Kier alpha value is -2.59. The Morgan fingerprint density at radius 1 is 1.26 bits per heavy atom. The first kappa shape index (κ1) is 29.4. The number of esters is 1. The summed E-state index contributed by atoms with van der Waals surface area (Å²) >= 11 is 12.1. The van der Waals surface area contributed by atoms with Crippen molar-refractivity contribution in [3.8, 4) is 0 Å². The number of anilines is 1. The Labute approximate surface area is 206 Å². The molecule has 7 nitrogen and oxygen atoms in total. The van der Waals surface area contributed by atoms with E-state index in [1.807, 2.05) is 0 Å². The van der Waals surface area contributed by atoms with Crippen LogP contribution in [0.15, 0.2) is 46.2 Å². The summed E-state index contributed by atoms with van der Waals surface area (Å²) in [5.74, 6) is -0.827. The zero-order chi connectivity index (χ0) is 26.3. The van der Waals surface area contributed by atoms with E-state index in [0.717, 1.165) is 22.0 Å². The van der Waals surface area contributed by atoms with E-state index in [4.69, 9.17) is 27.9 Å². The number of hydrazone groups is 1. The van der Waals surface area contributed by atoms with Crippen molar-refractivity contribution in [3.05, 3.63) is 46.7 Å². The van der Waals surface area contributed by atoms with Gasteiger partial charge in [0.15, 0.2) is 0 Å². The summed E-state index contributed by atoms with van der Waals surface area (Å²) in [5.41, 5.74) is -1.35. The number of hydrogen-bond donors (Lipinski definition) is 0. The average molecular weight is 523 g/mol. The Morgan fingerprint density at radius 2 is 1.88 bits per heavy atom. The van der Waals surface area contributed by atoms with Gasteiger partial charge in [-0.1, -0.05) is 17.7 Å². The molecule has 34 heavy (non-hydrogen) atoms. The molecule has 0 aromatic carbocycles. The van der Waals surface area contributed by atoms with E-state index < -0.39 is 35.9 Å². The molecule has 0 aliphatic heterocycles. The van der Waals surface area contributed by atoms with Crippen LogP contribution < -0.4 is 4.90 Å². The molecular formula is C22H27Cl2F3N4O3. The highest BCUT2D eigenvalue weighted by Gasteiger charge is 2.31. The first-order valence-corrected chi connectivity index (χ1v) is 10.9. The molecule has 0 spiro atoms. The second kappa shape index (κ2) is 12.2. The van der Waals surface area contributed by atoms with E-state index in [9.17, 15) is 22.8 Å². The normalized spacial score (nSPS) is 14.2. The van der Waals surface area contributed by atoms with Gasteiger partial charge in [-0.3, -0.25) is 9.69 Å². The molecule has 0 saturated carbocycles. The standard InChI is InChI=1S/C22H27Cl2F3N4O3/c1-7-15(17(24)10-14(2)23)11-29-31(13-19(32)34-21(3,4)5)20(33)30(6)18-9-8-16(12-28-18)22(25,26)27/h7-12,14H,13H2,1-6H3/b15-7-,17-10+,29-11+. The maximum absolute atomic E-state index is 13.1. The van der Waals surface area contributed by atoms with Crippen LogP contribution >= 0.6 is 23.2 Å². The minimum atomic E-state index is -4.57. The number of aromatic nitrogens is 1. The monoisotopic (exact) mass is 522 g/mol. The lowest BCUT2D eigenvalue weighted by Gasteiger charge is -2.25. The third kappa shape index (κ3) is 9.72. The number of halogens is 5. The Balaban J connectivity index is 3.25. The lowest BCUT2D eigenvalue weighted by Crippen LogP contribution is -2.42. The number of amides is 2. The molecule has 0 N–H and O–H groups in total. The van der Waals surface area contributed by atoms with Crippen LogP contribution in [0.25, 0.3) is 0 Å². The van der Waals surface area contributed by atoms with Crippen molar-refractivity contribution >= 4 is 47.2 Å². The number of hydrogen-bond acceptors (Lipinski definition) is 5. The topological polar surface area (TPSA) is 75.1 Å². The van der Waals surface area contributed by atoms with Crippen LogP contribution in [0, 0.1) is 0 Å². The highest BCUT2D eigenvalue weighted by molar-refractivity contribution is 6.35. The van der Waals surface area contributed by atoms with Crippen molar-refractivity contribution in [1.82, 2.24) is 9.99 Å². The number of allylic oxidation sites excluding steroid dienone is 4. The third-order valence-corrected chi connectivity index (χ3v) is 4.39. The van der Waals surface area contributed by atoms with Crippen molar-refractivity contribution in [2.24, 2.45) is 5.10 Å². The number of carbonyl (C=O) groups excluding carboxylic acids is 2. The van der Waals surface area contributed by atoms with Gasteiger partial charge in [-0.25, -0.2) is 14.8 Å². The lowest BCUT2D eigenvalue weighted by atomic mass is 10.2.